The zero-order valence-electron chi connectivity index (χ0n) is 7.37. The first kappa shape index (κ1) is 10.4. The predicted molar refractivity (Wildman–Crippen MR) is 44.8 cm³/mol. The normalized spacial score (nSPS) is 10.6. The van der Waals surface area contributed by atoms with Crippen LogP contribution in [0.3, 0.4) is 0 Å². The van der Waals surface area contributed by atoms with Crippen LogP contribution in [0.25, 0.3) is 5.57 Å². The third-order valence-electron chi connectivity index (χ3n) is 1.65. The molecule has 1 aromatic rings. The second kappa shape index (κ2) is 3.57. The van der Waals surface area contributed by atoms with E-state index in [-0.39, 0.29) is 11.1 Å². The number of aliphatic carboxylic acids is 1. The van der Waals surface area contributed by atoms with Crippen molar-refractivity contribution in [2.75, 3.05) is 0 Å². The van der Waals surface area contributed by atoms with Gasteiger partial charge in [-0.3, -0.25) is 4.68 Å². The lowest BCUT2D eigenvalue weighted by molar-refractivity contribution is -0.130. The van der Waals surface area contributed by atoms with Gasteiger partial charge >= 0.3 is 5.97 Å². The lowest BCUT2D eigenvalue weighted by atomic mass is 10.1. The number of halogens is 2. The summed E-state index contributed by atoms with van der Waals surface area (Å²) in [6.45, 7) is 3.19. The molecule has 6 heteroatoms. The standard InChI is InChI=1S/C8H8F2N2O2/c1-4(8(13)14)5-3-12(2)11-6(5)7(9)10/h3,7H,1H2,2H3,(H,13,14). The van der Waals surface area contributed by atoms with Gasteiger partial charge in [-0.2, -0.15) is 5.10 Å². The Labute approximate surface area is 78.5 Å². The fraction of sp³-hybridized carbons (Fsp3) is 0.250. The smallest absolute Gasteiger partial charge is 0.335 e. The first-order valence-corrected chi connectivity index (χ1v) is 3.67. The lowest BCUT2D eigenvalue weighted by Crippen LogP contribution is -2.00. The van der Waals surface area contributed by atoms with Crippen molar-refractivity contribution in [2.24, 2.45) is 7.05 Å². The lowest BCUT2D eigenvalue weighted by Gasteiger charge is -1.99. The molecule has 0 fully saturated rings. The maximum absolute atomic E-state index is 12.4. The molecular formula is C8H8F2N2O2. The average molecular weight is 202 g/mol. The Kier molecular flexibility index (Phi) is 2.64. The number of aryl methyl sites for hydroxylation is 1. The molecule has 0 saturated heterocycles. The van der Waals surface area contributed by atoms with E-state index in [1.54, 1.807) is 0 Å². The Morgan fingerprint density at radius 1 is 1.71 bits per heavy atom. The van der Waals surface area contributed by atoms with Crippen molar-refractivity contribution in [3.8, 4) is 0 Å². The minimum Gasteiger partial charge on any atom is -0.478 e. The van der Waals surface area contributed by atoms with E-state index >= 15 is 0 Å². The summed E-state index contributed by atoms with van der Waals surface area (Å²) >= 11 is 0. The summed E-state index contributed by atoms with van der Waals surface area (Å²) in [5.74, 6) is -1.33. The second-order valence-corrected chi connectivity index (χ2v) is 2.69. The van der Waals surface area contributed by atoms with Crippen molar-refractivity contribution in [1.82, 2.24) is 9.78 Å². The Morgan fingerprint density at radius 3 is 2.71 bits per heavy atom. The first-order chi connectivity index (χ1) is 6.43. The van der Waals surface area contributed by atoms with E-state index in [0.29, 0.717) is 0 Å². The summed E-state index contributed by atoms with van der Waals surface area (Å²) in [5, 5.41) is 12.0. The maximum Gasteiger partial charge on any atom is 0.335 e. The molecule has 0 aliphatic carbocycles. The van der Waals surface area contributed by atoms with Crippen LogP contribution in [-0.4, -0.2) is 20.9 Å². The predicted octanol–water partition coefficient (Wildman–Crippen LogP) is 1.46. The number of nitrogens with zero attached hydrogens (tertiary/aromatic N) is 2. The summed E-state index contributed by atoms with van der Waals surface area (Å²) in [7, 11) is 1.44. The number of aromatic nitrogens is 2. The molecule has 0 saturated carbocycles. The fourth-order valence-electron chi connectivity index (χ4n) is 1.01. The molecule has 0 aromatic carbocycles. The van der Waals surface area contributed by atoms with Crippen LogP contribution >= 0.6 is 0 Å². The maximum atomic E-state index is 12.4. The van der Waals surface area contributed by atoms with E-state index in [1.807, 2.05) is 0 Å². The van der Waals surface area contributed by atoms with Crippen LogP contribution < -0.4 is 0 Å². The van der Waals surface area contributed by atoms with E-state index in [2.05, 4.69) is 11.7 Å². The summed E-state index contributed by atoms with van der Waals surface area (Å²) in [4.78, 5) is 10.5. The molecule has 0 bridgehead atoms. The molecule has 1 heterocycles. The van der Waals surface area contributed by atoms with Crippen LogP contribution in [0, 0.1) is 0 Å². The Hall–Kier alpha value is -1.72. The third-order valence-corrected chi connectivity index (χ3v) is 1.65. The van der Waals surface area contributed by atoms with Crippen molar-refractivity contribution in [3.63, 3.8) is 0 Å². The highest BCUT2D eigenvalue weighted by Crippen LogP contribution is 2.25. The molecule has 0 aliphatic heterocycles. The minimum atomic E-state index is -2.80. The molecule has 1 N–H and O–H groups in total. The minimum absolute atomic E-state index is 0.130. The third kappa shape index (κ3) is 1.78. The largest absolute Gasteiger partial charge is 0.478 e. The van der Waals surface area contributed by atoms with Gasteiger partial charge in [0.1, 0.15) is 5.69 Å². The molecule has 0 amide bonds. The number of alkyl halides is 2. The van der Waals surface area contributed by atoms with Crippen LogP contribution in [0.1, 0.15) is 17.7 Å². The summed E-state index contributed by atoms with van der Waals surface area (Å²) in [6, 6.07) is 0. The van der Waals surface area contributed by atoms with E-state index in [1.165, 1.54) is 13.2 Å². The Balaban J connectivity index is 3.19. The SMILES string of the molecule is C=C(C(=O)O)c1cn(C)nc1C(F)F. The number of hydrogen-bond donors (Lipinski definition) is 1. The molecule has 0 aliphatic rings. The van der Waals surface area contributed by atoms with Gasteiger partial charge in [-0.05, 0) is 0 Å². The Bertz CT molecular complexity index is 385. The van der Waals surface area contributed by atoms with Gasteiger partial charge in [0.25, 0.3) is 6.43 Å². The van der Waals surface area contributed by atoms with Gasteiger partial charge < -0.3 is 5.11 Å². The summed E-state index contributed by atoms with van der Waals surface area (Å²) in [5.41, 5.74) is -1.07. The zero-order valence-corrected chi connectivity index (χ0v) is 7.37. The van der Waals surface area contributed by atoms with Crippen molar-refractivity contribution < 1.29 is 18.7 Å². The van der Waals surface area contributed by atoms with Crippen LogP contribution in [-0.2, 0) is 11.8 Å². The zero-order chi connectivity index (χ0) is 10.9. The van der Waals surface area contributed by atoms with E-state index in [9.17, 15) is 13.6 Å². The van der Waals surface area contributed by atoms with E-state index < -0.39 is 18.1 Å². The number of hydrogen-bond acceptors (Lipinski definition) is 2. The van der Waals surface area contributed by atoms with E-state index in [0.717, 1.165) is 4.68 Å². The molecular weight excluding hydrogens is 194 g/mol. The van der Waals surface area contributed by atoms with Gasteiger partial charge in [-0.1, -0.05) is 6.58 Å². The van der Waals surface area contributed by atoms with Crippen molar-refractivity contribution >= 4 is 11.5 Å². The van der Waals surface area contributed by atoms with Gasteiger partial charge in [-0.25, -0.2) is 13.6 Å². The Morgan fingerprint density at radius 2 is 2.29 bits per heavy atom. The van der Waals surface area contributed by atoms with Crippen molar-refractivity contribution in [1.29, 1.82) is 0 Å². The second-order valence-electron chi connectivity index (χ2n) is 2.69. The number of carbonyl (C=O) groups is 1. The van der Waals surface area contributed by atoms with Crippen molar-refractivity contribution in [2.45, 2.75) is 6.43 Å². The average Bonchev–Trinajstić information content (AvgIpc) is 2.45. The number of carboxylic acids is 1. The highest BCUT2D eigenvalue weighted by Gasteiger charge is 2.21. The van der Waals surface area contributed by atoms with Gasteiger partial charge in [0, 0.05) is 18.8 Å². The summed E-state index contributed by atoms with van der Waals surface area (Å²) in [6.07, 6.45) is -1.60. The van der Waals surface area contributed by atoms with Crippen LogP contribution in [0.15, 0.2) is 12.8 Å². The quantitative estimate of drug-likeness (QED) is 0.755. The molecule has 4 nitrogen and oxygen atoms in total. The van der Waals surface area contributed by atoms with Gasteiger partial charge in [0.2, 0.25) is 0 Å². The molecule has 76 valence electrons. The van der Waals surface area contributed by atoms with Crippen LogP contribution in [0.5, 0.6) is 0 Å². The van der Waals surface area contributed by atoms with Crippen molar-refractivity contribution in [3.05, 3.63) is 24.0 Å². The summed E-state index contributed by atoms with van der Waals surface area (Å²) < 4.78 is 25.8. The van der Waals surface area contributed by atoms with Crippen LogP contribution in [0.4, 0.5) is 8.78 Å². The number of carboxylic acid groups (broad SMARTS) is 1. The molecule has 1 aromatic heterocycles. The molecule has 0 spiro atoms. The molecule has 0 radical (unpaired) electrons. The van der Waals surface area contributed by atoms with E-state index in [4.69, 9.17) is 5.11 Å². The van der Waals surface area contributed by atoms with Gasteiger partial charge in [-0.15, -0.1) is 0 Å². The number of rotatable bonds is 3. The first-order valence-electron chi connectivity index (χ1n) is 3.67. The molecule has 0 atom stereocenters. The molecule has 0 unspecified atom stereocenters. The highest BCUT2D eigenvalue weighted by molar-refractivity contribution is 6.14. The van der Waals surface area contributed by atoms with Gasteiger partial charge in [0.15, 0.2) is 0 Å². The fourth-order valence-corrected chi connectivity index (χ4v) is 1.01. The molecule has 1 rings (SSSR count). The highest BCUT2D eigenvalue weighted by atomic mass is 19.3. The monoisotopic (exact) mass is 202 g/mol. The van der Waals surface area contributed by atoms with Crippen LogP contribution in [0.2, 0.25) is 0 Å². The topological polar surface area (TPSA) is 55.1 Å². The molecule has 14 heavy (non-hydrogen) atoms. The van der Waals surface area contributed by atoms with Gasteiger partial charge in [0.05, 0.1) is 5.57 Å².